The summed E-state index contributed by atoms with van der Waals surface area (Å²) in [7, 11) is 1.55. The lowest BCUT2D eigenvalue weighted by molar-refractivity contribution is -0.114. The molecule has 5 rings (SSSR count). The summed E-state index contributed by atoms with van der Waals surface area (Å²) in [6.45, 7) is 4.22. The van der Waals surface area contributed by atoms with Crippen molar-refractivity contribution in [2.45, 2.75) is 38.0 Å². The van der Waals surface area contributed by atoms with Crippen molar-refractivity contribution in [3.8, 4) is 5.75 Å². The summed E-state index contributed by atoms with van der Waals surface area (Å²) in [5.74, 6) is -0.391. The van der Waals surface area contributed by atoms with E-state index in [9.17, 15) is 19.2 Å². The van der Waals surface area contributed by atoms with Crippen LogP contribution >= 0.6 is 23.1 Å². The van der Waals surface area contributed by atoms with Gasteiger partial charge in [-0.25, -0.2) is 4.79 Å². The smallest absolute Gasteiger partial charge is 0.341 e. The number of benzene rings is 3. The van der Waals surface area contributed by atoms with Gasteiger partial charge >= 0.3 is 5.97 Å². The fraction of sp³-hybridized carbons (Fsp3) is 0.243. The molecule has 0 fully saturated rings. The molecular formula is C37H37N3O6S2. The highest BCUT2D eigenvalue weighted by Gasteiger charge is 2.29. The number of carbonyl (C=O) groups excluding carboxylic acids is 4. The fourth-order valence-electron chi connectivity index (χ4n) is 5.27. The Bertz CT molecular complexity index is 1840. The van der Waals surface area contributed by atoms with Crippen LogP contribution in [0.3, 0.4) is 0 Å². The van der Waals surface area contributed by atoms with Gasteiger partial charge in [0.25, 0.3) is 11.8 Å². The van der Waals surface area contributed by atoms with Gasteiger partial charge in [-0.05, 0) is 91.8 Å². The number of ether oxygens (including phenoxy) is 2. The Morgan fingerprint density at radius 2 is 1.77 bits per heavy atom. The van der Waals surface area contributed by atoms with Crippen LogP contribution in [0.2, 0.25) is 0 Å². The lowest BCUT2D eigenvalue weighted by atomic mass is 9.88. The first-order valence-corrected chi connectivity index (χ1v) is 17.4. The van der Waals surface area contributed by atoms with Gasteiger partial charge in [-0.2, -0.15) is 0 Å². The summed E-state index contributed by atoms with van der Waals surface area (Å²) in [5, 5.41) is 9.08. The van der Waals surface area contributed by atoms with Crippen LogP contribution in [-0.2, 0) is 27.2 Å². The van der Waals surface area contributed by atoms with Crippen molar-refractivity contribution in [2.75, 3.05) is 30.1 Å². The Hall–Kier alpha value is -4.87. The van der Waals surface area contributed by atoms with Gasteiger partial charge in [0, 0.05) is 21.0 Å². The highest BCUT2D eigenvalue weighted by atomic mass is 32.2. The lowest BCUT2D eigenvalue weighted by Crippen LogP contribution is -2.30. The SMILES string of the molecule is CCOC(=O)c1c(NC(=O)CSc2cccc(NC(=O)/C(=C/c3cccc(OC)c3)NC(=O)c3ccccc3)c2)sc2c1CCC(C)C2. The van der Waals surface area contributed by atoms with Crippen LogP contribution in [-0.4, -0.2) is 43.2 Å². The number of methoxy groups -OCH3 is 1. The number of nitrogens with one attached hydrogen (secondary N) is 3. The Morgan fingerprint density at radius 1 is 0.979 bits per heavy atom. The van der Waals surface area contributed by atoms with Crippen LogP contribution in [0.25, 0.3) is 6.08 Å². The van der Waals surface area contributed by atoms with Crippen molar-refractivity contribution in [1.82, 2.24) is 5.32 Å². The van der Waals surface area contributed by atoms with Gasteiger partial charge in [-0.3, -0.25) is 14.4 Å². The standard InChI is InChI=1S/C37H37N3O6S2/c1-4-46-37(44)33-29-17-16-23(2)18-31(29)48-36(33)40-32(41)22-47-28-15-9-13-26(21-28)38-35(43)30(20-24-10-8-14-27(19-24)45-3)39-34(42)25-11-6-5-7-12-25/h5-15,19-21,23H,4,16-18,22H2,1-3H3,(H,38,43)(H,39,42)(H,40,41)/b30-20-. The van der Waals surface area contributed by atoms with E-state index in [1.54, 1.807) is 92.9 Å². The molecule has 1 unspecified atom stereocenters. The molecule has 0 saturated heterocycles. The van der Waals surface area contributed by atoms with Crippen LogP contribution < -0.4 is 20.7 Å². The van der Waals surface area contributed by atoms with Crippen LogP contribution in [0, 0.1) is 5.92 Å². The normalized spacial score (nSPS) is 14.0. The molecule has 0 aliphatic heterocycles. The number of thiophene rings is 1. The van der Waals surface area contributed by atoms with Gasteiger partial charge in [0.1, 0.15) is 16.4 Å². The molecule has 1 heterocycles. The van der Waals surface area contributed by atoms with Crippen molar-refractivity contribution in [2.24, 2.45) is 5.92 Å². The summed E-state index contributed by atoms with van der Waals surface area (Å²) >= 11 is 2.75. The van der Waals surface area contributed by atoms with E-state index < -0.39 is 17.8 Å². The maximum absolute atomic E-state index is 13.5. The predicted octanol–water partition coefficient (Wildman–Crippen LogP) is 7.20. The maximum Gasteiger partial charge on any atom is 0.341 e. The highest BCUT2D eigenvalue weighted by Crippen LogP contribution is 2.40. The molecule has 1 aliphatic rings. The molecule has 0 bridgehead atoms. The van der Waals surface area contributed by atoms with Gasteiger partial charge in [0.15, 0.2) is 0 Å². The number of carbonyl (C=O) groups is 4. The average Bonchev–Trinajstić information content (AvgIpc) is 3.44. The Labute approximate surface area is 288 Å². The molecule has 11 heteroatoms. The second kappa shape index (κ2) is 16.3. The number of anilines is 2. The zero-order valence-electron chi connectivity index (χ0n) is 27.0. The second-order valence-electron chi connectivity index (χ2n) is 11.2. The van der Waals surface area contributed by atoms with Gasteiger partial charge in [0.2, 0.25) is 5.91 Å². The molecule has 3 amide bonds. The van der Waals surface area contributed by atoms with E-state index in [1.165, 1.54) is 23.1 Å². The minimum atomic E-state index is -0.524. The van der Waals surface area contributed by atoms with Crippen LogP contribution in [0.4, 0.5) is 10.7 Å². The molecule has 0 saturated carbocycles. The summed E-state index contributed by atoms with van der Waals surface area (Å²) < 4.78 is 10.6. The lowest BCUT2D eigenvalue weighted by Gasteiger charge is -2.18. The summed E-state index contributed by atoms with van der Waals surface area (Å²) in [5.41, 5.74) is 3.06. The summed E-state index contributed by atoms with van der Waals surface area (Å²) in [4.78, 5) is 54.3. The fourth-order valence-corrected chi connectivity index (χ4v) is 7.44. The Kier molecular flexibility index (Phi) is 11.7. The molecule has 3 N–H and O–H groups in total. The number of amides is 3. The van der Waals surface area contributed by atoms with E-state index in [-0.39, 0.29) is 24.0 Å². The number of rotatable bonds is 12. The largest absolute Gasteiger partial charge is 0.497 e. The topological polar surface area (TPSA) is 123 Å². The van der Waals surface area contributed by atoms with E-state index in [0.29, 0.717) is 39.0 Å². The van der Waals surface area contributed by atoms with E-state index >= 15 is 0 Å². The summed E-state index contributed by atoms with van der Waals surface area (Å²) in [6.07, 6.45) is 4.23. The Morgan fingerprint density at radius 3 is 2.54 bits per heavy atom. The molecule has 4 aromatic rings. The van der Waals surface area contributed by atoms with Crippen molar-refractivity contribution in [3.63, 3.8) is 0 Å². The second-order valence-corrected chi connectivity index (χ2v) is 13.4. The van der Waals surface area contributed by atoms with Gasteiger partial charge in [-0.15, -0.1) is 23.1 Å². The number of hydrogen-bond donors (Lipinski definition) is 3. The monoisotopic (exact) mass is 683 g/mol. The molecule has 0 spiro atoms. The van der Waals surface area contributed by atoms with Crippen LogP contribution in [0.5, 0.6) is 5.75 Å². The zero-order chi connectivity index (χ0) is 34.0. The number of thioether (sulfide) groups is 1. The molecule has 48 heavy (non-hydrogen) atoms. The van der Waals surface area contributed by atoms with E-state index in [4.69, 9.17) is 9.47 Å². The predicted molar refractivity (Wildman–Crippen MR) is 191 cm³/mol. The van der Waals surface area contributed by atoms with E-state index in [1.807, 2.05) is 6.07 Å². The van der Waals surface area contributed by atoms with E-state index in [0.717, 1.165) is 34.6 Å². The molecule has 1 aromatic heterocycles. The molecule has 248 valence electrons. The molecule has 0 radical (unpaired) electrons. The number of hydrogen-bond acceptors (Lipinski definition) is 8. The third-order valence-corrected chi connectivity index (χ3v) is 9.80. The number of fused-ring (bicyclic) bond motifs is 1. The average molecular weight is 684 g/mol. The molecule has 1 atom stereocenters. The van der Waals surface area contributed by atoms with Gasteiger partial charge in [0.05, 0.1) is 25.0 Å². The van der Waals surface area contributed by atoms with Crippen molar-refractivity contribution in [3.05, 3.63) is 112 Å². The third kappa shape index (κ3) is 8.93. The van der Waals surface area contributed by atoms with Crippen LogP contribution in [0.1, 0.15) is 57.0 Å². The van der Waals surface area contributed by atoms with Crippen LogP contribution in [0.15, 0.2) is 89.5 Å². The minimum absolute atomic E-state index is 0.0417. The molecular weight excluding hydrogens is 647 g/mol. The summed E-state index contributed by atoms with van der Waals surface area (Å²) in [6, 6.07) is 22.9. The first-order chi connectivity index (χ1) is 23.2. The third-order valence-electron chi connectivity index (χ3n) is 7.64. The minimum Gasteiger partial charge on any atom is -0.497 e. The zero-order valence-corrected chi connectivity index (χ0v) is 28.6. The Balaban J connectivity index is 1.27. The molecule has 9 nitrogen and oxygen atoms in total. The van der Waals surface area contributed by atoms with Gasteiger partial charge < -0.3 is 25.4 Å². The molecule has 1 aliphatic carbocycles. The maximum atomic E-state index is 13.5. The number of esters is 1. The van der Waals surface area contributed by atoms with Gasteiger partial charge in [-0.1, -0.05) is 43.3 Å². The van der Waals surface area contributed by atoms with E-state index in [2.05, 4.69) is 22.9 Å². The molecule has 3 aromatic carbocycles. The van der Waals surface area contributed by atoms with Crippen molar-refractivity contribution in [1.29, 1.82) is 0 Å². The first-order valence-electron chi connectivity index (χ1n) is 15.6. The quantitative estimate of drug-likeness (QED) is 0.0820. The van der Waals surface area contributed by atoms with Crippen molar-refractivity contribution < 1.29 is 28.7 Å². The first kappa shape index (κ1) is 34.5. The highest BCUT2D eigenvalue weighted by molar-refractivity contribution is 8.00. The van der Waals surface area contributed by atoms with Crippen molar-refractivity contribution >= 4 is 63.6 Å².